The van der Waals surface area contributed by atoms with E-state index in [1.165, 1.54) is 16.9 Å². The molecule has 0 aromatic heterocycles. The van der Waals surface area contributed by atoms with Crippen LogP contribution in [0.3, 0.4) is 0 Å². The number of hydrogen-bond donors (Lipinski definition) is 1. The van der Waals surface area contributed by atoms with Crippen LogP contribution in [0.25, 0.3) is 0 Å². The lowest BCUT2D eigenvalue weighted by Gasteiger charge is -2.34. The first kappa shape index (κ1) is 21.4. The van der Waals surface area contributed by atoms with E-state index >= 15 is 0 Å². The number of fused-ring (bicyclic) bond motifs is 4. The molecule has 0 bridgehead atoms. The first-order valence-electron chi connectivity index (χ1n) is 10.6. The Balaban J connectivity index is 1.86. The number of hydrogen-bond acceptors (Lipinski definition) is 6. The zero-order valence-electron chi connectivity index (χ0n) is 18.7. The van der Waals surface area contributed by atoms with Crippen LogP contribution in [-0.4, -0.2) is 50.6 Å². The van der Waals surface area contributed by atoms with Gasteiger partial charge in [-0.25, -0.2) is 0 Å². The fourth-order valence-corrected chi connectivity index (χ4v) is 6.09. The molecular weight excluding hydrogens is 442 g/mol. The molecular formula is C24H23N3O5S. The number of carbonyl (C=O) groups is 3. The summed E-state index contributed by atoms with van der Waals surface area (Å²) >= 11 is 5.81. The smallest absolute Gasteiger partial charge is 0.314 e. The molecule has 2 aromatic carbocycles. The predicted octanol–water partition coefficient (Wildman–Crippen LogP) is 1.89. The van der Waals surface area contributed by atoms with Gasteiger partial charge in [0.25, 0.3) is 5.91 Å². The molecule has 1 fully saturated rings. The van der Waals surface area contributed by atoms with Gasteiger partial charge in [0.05, 0.1) is 18.7 Å². The summed E-state index contributed by atoms with van der Waals surface area (Å²) in [6.45, 7) is 1.78. The number of methoxy groups -OCH3 is 1. The number of nitrogens with zero attached hydrogens (tertiary/aromatic N) is 2. The third-order valence-corrected chi connectivity index (χ3v) is 7.45. The van der Waals surface area contributed by atoms with Crippen molar-refractivity contribution in [1.29, 1.82) is 0 Å². The molecule has 2 aromatic rings. The van der Waals surface area contributed by atoms with Gasteiger partial charge in [-0.3, -0.25) is 14.4 Å². The summed E-state index contributed by atoms with van der Waals surface area (Å²) in [4.78, 5) is 44.6. The number of thiocarbonyl (C=S) groups is 1. The van der Waals surface area contributed by atoms with E-state index in [2.05, 4.69) is 5.32 Å². The van der Waals surface area contributed by atoms with Gasteiger partial charge < -0.3 is 24.6 Å². The van der Waals surface area contributed by atoms with Crippen molar-refractivity contribution in [3.8, 4) is 5.75 Å². The van der Waals surface area contributed by atoms with E-state index in [-0.39, 0.29) is 17.5 Å². The highest BCUT2D eigenvalue weighted by Gasteiger charge is 2.76. The summed E-state index contributed by atoms with van der Waals surface area (Å²) in [5.41, 5.74) is -0.843. The summed E-state index contributed by atoms with van der Waals surface area (Å²) in [5, 5.41) is 3.17. The SMILES string of the molecule is CCOC(=O)[C@H]1[C@]2(C(=O)N(C)c3ccc(OC)cc32)C(=S)N[C@]12C(=O)N(C)c1ccccc12. The van der Waals surface area contributed by atoms with Gasteiger partial charge in [0, 0.05) is 36.6 Å². The Morgan fingerprint density at radius 1 is 1.06 bits per heavy atom. The number of carbonyl (C=O) groups excluding carboxylic acids is 3. The maximum Gasteiger partial charge on any atom is 0.314 e. The summed E-state index contributed by atoms with van der Waals surface area (Å²) in [7, 11) is 4.80. The second kappa shape index (κ2) is 7.02. The zero-order chi connectivity index (χ0) is 23.7. The van der Waals surface area contributed by atoms with Crippen molar-refractivity contribution in [2.24, 2.45) is 5.92 Å². The van der Waals surface area contributed by atoms with E-state index in [0.29, 0.717) is 28.3 Å². The molecule has 170 valence electrons. The molecule has 0 saturated carbocycles. The first-order chi connectivity index (χ1) is 15.8. The van der Waals surface area contributed by atoms with Crippen LogP contribution in [0.2, 0.25) is 0 Å². The minimum absolute atomic E-state index is 0.0922. The van der Waals surface area contributed by atoms with E-state index in [1.54, 1.807) is 57.4 Å². The monoisotopic (exact) mass is 465 g/mol. The highest BCUT2D eigenvalue weighted by atomic mass is 32.1. The normalized spacial score (nSPS) is 27.3. The summed E-state index contributed by atoms with van der Waals surface area (Å²) in [6, 6.07) is 12.4. The van der Waals surface area contributed by atoms with Gasteiger partial charge in [-0.1, -0.05) is 30.4 Å². The zero-order valence-corrected chi connectivity index (χ0v) is 19.5. The summed E-state index contributed by atoms with van der Waals surface area (Å²) < 4.78 is 10.9. The molecule has 8 nitrogen and oxygen atoms in total. The van der Waals surface area contributed by atoms with Crippen LogP contribution >= 0.6 is 12.2 Å². The Bertz CT molecular complexity index is 1250. The average molecular weight is 466 g/mol. The van der Waals surface area contributed by atoms with Crippen LogP contribution in [0, 0.1) is 5.92 Å². The highest BCUT2D eigenvalue weighted by Crippen LogP contribution is 2.60. The van der Waals surface area contributed by atoms with Crippen LogP contribution in [0.1, 0.15) is 18.1 Å². The Labute approximate surface area is 196 Å². The molecule has 2 amide bonds. The molecule has 3 atom stereocenters. The number of likely N-dealkylation sites (N-methyl/N-ethyl adjacent to an activating group) is 2. The number of nitrogens with one attached hydrogen (secondary N) is 1. The van der Waals surface area contributed by atoms with Crippen LogP contribution < -0.4 is 19.9 Å². The number of ether oxygens (including phenoxy) is 2. The maximum atomic E-state index is 14.0. The Morgan fingerprint density at radius 3 is 2.42 bits per heavy atom. The molecule has 0 unspecified atom stereocenters. The van der Waals surface area contributed by atoms with E-state index in [9.17, 15) is 14.4 Å². The lowest BCUT2D eigenvalue weighted by molar-refractivity contribution is -0.156. The molecule has 5 rings (SSSR count). The van der Waals surface area contributed by atoms with Crippen LogP contribution in [-0.2, 0) is 30.1 Å². The lowest BCUT2D eigenvalue weighted by atomic mass is 9.65. The standard InChI is InChI=1S/C24H23N3O5S/c1-5-32-19(28)18-23(15-12-13(31-4)10-11-17(15)26(2)21(23)29)20(33)25-24(18)14-8-6-7-9-16(14)27(3)22(24)30/h6-12,18H,5H2,1-4H3,(H,25,33)/t18-,23-,24-/m0/s1. The fourth-order valence-electron chi connectivity index (χ4n) is 5.61. The number of esters is 1. The molecule has 2 spiro atoms. The second-order valence-corrected chi connectivity index (χ2v) is 8.79. The van der Waals surface area contributed by atoms with Gasteiger partial charge >= 0.3 is 5.97 Å². The average Bonchev–Trinajstić information content (AvgIpc) is 3.31. The number of para-hydroxylation sites is 1. The van der Waals surface area contributed by atoms with Crippen LogP contribution in [0.15, 0.2) is 42.5 Å². The minimum atomic E-state index is -1.62. The van der Waals surface area contributed by atoms with Gasteiger partial charge in [-0.2, -0.15) is 0 Å². The lowest BCUT2D eigenvalue weighted by Crippen LogP contribution is -2.56. The molecule has 3 aliphatic heterocycles. The molecule has 3 aliphatic rings. The predicted molar refractivity (Wildman–Crippen MR) is 125 cm³/mol. The molecule has 9 heteroatoms. The van der Waals surface area contributed by atoms with Crippen molar-refractivity contribution in [2.45, 2.75) is 17.9 Å². The van der Waals surface area contributed by atoms with Crippen molar-refractivity contribution in [2.75, 3.05) is 37.6 Å². The van der Waals surface area contributed by atoms with Crippen molar-refractivity contribution >= 4 is 46.4 Å². The number of benzene rings is 2. The quantitative estimate of drug-likeness (QED) is 0.547. The van der Waals surface area contributed by atoms with Crippen molar-refractivity contribution < 1.29 is 23.9 Å². The van der Waals surface area contributed by atoms with Gasteiger partial charge in [0.15, 0.2) is 5.54 Å². The Kier molecular flexibility index (Phi) is 4.55. The molecule has 3 heterocycles. The van der Waals surface area contributed by atoms with Crippen LogP contribution in [0.5, 0.6) is 5.75 Å². The van der Waals surface area contributed by atoms with Gasteiger partial charge in [0.1, 0.15) is 17.1 Å². The second-order valence-electron chi connectivity index (χ2n) is 8.38. The fraction of sp³-hybridized carbons (Fsp3) is 0.333. The topological polar surface area (TPSA) is 88.2 Å². The highest BCUT2D eigenvalue weighted by molar-refractivity contribution is 7.80. The molecule has 1 N–H and O–H groups in total. The molecule has 33 heavy (non-hydrogen) atoms. The van der Waals surface area contributed by atoms with E-state index in [4.69, 9.17) is 21.7 Å². The van der Waals surface area contributed by atoms with Crippen LogP contribution in [0.4, 0.5) is 11.4 Å². The largest absolute Gasteiger partial charge is 0.497 e. The van der Waals surface area contributed by atoms with E-state index in [1.807, 2.05) is 6.07 Å². The first-order valence-corrected chi connectivity index (χ1v) is 11.0. The van der Waals surface area contributed by atoms with E-state index in [0.717, 1.165) is 0 Å². The third-order valence-electron chi connectivity index (χ3n) is 7.02. The van der Waals surface area contributed by atoms with Gasteiger partial charge in [0.2, 0.25) is 5.91 Å². The number of rotatable bonds is 3. The summed E-state index contributed by atoms with van der Waals surface area (Å²) in [5.74, 6) is -2.16. The minimum Gasteiger partial charge on any atom is -0.497 e. The Hall–Kier alpha value is -3.46. The molecule has 0 aliphatic carbocycles. The maximum absolute atomic E-state index is 14.0. The van der Waals surface area contributed by atoms with Crippen molar-refractivity contribution in [3.63, 3.8) is 0 Å². The van der Waals surface area contributed by atoms with Crippen molar-refractivity contribution in [3.05, 3.63) is 53.6 Å². The third kappa shape index (κ3) is 2.35. The molecule has 1 saturated heterocycles. The van der Waals surface area contributed by atoms with Gasteiger partial charge in [-0.15, -0.1) is 0 Å². The van der Waals surface area contributed by atoms with Gasteiger partial charge in [-0.05, 0) is 31.2 Å². The molecule has 0 radical (unpaired) electrons. The Morgan fingerprint density at radius 2 is 1.73 bits per heavy atom. The summed E-state index contributed by atoms with van der Waals surface area (Å²) in [6.07, 6.45) is 0. The number of anilines is 2. The van der Waals surface area contributed by atoms with Crippen molar-refractivity contribution in [1.82, 2.24) is 5.32 Å². The van der Waals surface area contributed by atoms with E-state index < -0.39 is 28.7 Å². The number of amides is 2.